The monoisotopic (exact) mass is 315 g/mol. The van der Waals surface area contributed by atoms with Crippen LogP contribution in [-0.2, 0) is 9.47 Å². The van der Waals surface area contributed by atoms with Crippen LogP contribution in [0.15, 0.2) is 47.9 Å². The Morgan fingerprint density at radius 3 is 2.70 bits per heavy atom. The molecule has 1 aliphatic carbocycles. The van der Waals surface area contributed by atoms with Gasteiger partial charge in [0.25, 0.3) is 0 Å². The Morgan fingerprint density at radius 2 is 2.00 bits per heavy atom. The summed E-state index contributed by atoms with van der Waals surface area (Å²) in [6.07, 6.45) is 4.49. The van der Waals surface area contributed by atoms with Gasteiger partial charge >= 0.3 is 6.09 Å². The SMILES string of the molecule is O=C(O)N1C(C2=CCC3(CC2)OCCO3)=COc2ccccc21. The lowest BCUT2D eigenvalue weighted by molar-refractivity contribution is -0.161. The number of carboxylic acid groups (broad SMARTS) is 1. The minimum atomic E-state index is -1.03. The molecule has 120 valence electrons. The molecule has 6 heteroatoms. The predicted molar refractivity (Wildman–Crippen MR) is 82.2 cm³/mol. The molecule has 2 heterocycles. The lowest BCUT2D eigenvalue weighted by atomic mass is 9.91. The number of amides is 1. The van der Waals surface area contributed by atoms with E-state index in [0.29, 0.717) is 49.6 Å². The summed E-state index contributed by atoms with van der Waals surface area (Å²) in [6.45, 7) is 1.23. The zero-order valence-electron chi connectivity index (χ0n) is 12.5. The van der Waals surface area contributed by atoms with E-state index in [4.69, 9.17) is 14.2 Å². The van der Waals surface area contributed by atoms with E-state index in [1.807, 2.05) is 12.1 Å². The highest BCUT2D eigenvalue weighted by Crippen LogP contribution is 2.42. The van der Waals surface area contributed by atoms with E-state index in [-0.39, 0.29) is 0 Å². The Hall–Kier alpha value is -2.31. The fourth-order valence-corrected chi connectivity index (χ4v) is 3.27. The third-order valence-electron chi connectivity index (χ3n) is 4.41. The van der Waals surface area contributed by atoms with Crippen LogP contribution in [0.2, 0.25) is 0 Å². The highest BCUT2D eigenvalue weighted by molar-refractivity contribution is 5.93. The minimum Gasteiger partial charge on any atom is -0.464 e. The maximum Gasteiger partial charge on any atom is 0.416 e. The molecule has 23 heavy (non-hydrogen) atoms. The van der Waals surface area contributed by atoms with Crippen molar-refractivity contribution in [2.45, 2.75) is 25.0 Å². The number of benzene rings is 1. The molecule has 1 amide bonds. The number of allylic oxidation sites excluding steroid dienone is 1. The van der Waals surface area contributed by atoms with Crippen molar-refractivity contribution in [1.29, 1.82) is 0 Å². The number of hydrogen-bond acceptors (Lipinski definition) is 4. The van der Waals surface area contributed by atoms with Crippen LogP contribution in [-0.4, -0.2) is 30.2 Å². The summed E-state index contributed by atoms with van der Waals surface area (Å²) >= 11 is 0. The topological polar surface area (TPSA) is 68.2 Å². The summed E-state index contributed by atoms with van der Waals surface area (Å²) < 4.78 is 17.0. The molecule has 0 radical (unpaired) electrons. The van der Waals surface area contributed by atoms with Crippen LogP contribution in [0.5, 0.6) is 5.75 Å². The molecule has 1 N–H and O–H groups in total. The van der Waals surface area contributed by atoms with E-state index in [9.17, 15) is 9.90 Å². The fourth-order valence-electron chi connectivity index (χ4n) is 3.27. The average molecular weight is 315 g/mol. The van der Waals surface area contributed by atoms with Crippen molar-refractivity contribution in [1.82, 2.24) is 0 Å². The van der Waals surface area contributed by atoms with Gasteiger partial charge in [-0.3, -0.25) is 0 Å². The number of rotatable bonds is 1. The van der Waals surface area contributed by atoms with Crippen LogP contribution < -0.4 is 9.64 Å². The summed E-state index contributed by atoms with van der Waals surface area (Å²) in [7, 11) is 0. The number of nitrogens with zero attached hydrogens (tertiary/aromatic N) is 1. The van der Waals surface area contributed by atoms with Crippen LogP contribution in [0, 0.1) is 0 Å². The molecule has 0 aromatic heterocycles. The van der Waals surface area contributed by atoms with E-state index >= 15 is 0 Å². The Balaban J connectivity index is 1.65. The first-order chi connectivity index (χ1) is 11.2. The first-order valence-corrected chi connectivity index (χ1v) is 7.65. The van der Waals surface area contributed by atoms with Crippen LogP contribution in [0.4, 0.5) is 10.5 Å². The summed E-state index contributed by atoms with van der Waals surface area (Å²) in [5.41, 5.74) is 2.03. The molecule has 0 atom stereocenters. The molecular weight excluding hydrogens is 298 g/mol. The van der Waals surface area contributed by atoms with Crippen LogP contribution in [0.3, 0.4) is 0 Å². The van der Waals surface area contributed by atoms with Crippen LogP contribution in [0.1, 0.15) is 19.3 Å². The predicted octanol–water partition coefficient (Wildman–Crippen LogP) is 3.26. The number of carbonyl (C=O) groups is 1. The van der Waals surface area contributed by atoms with Gasteiger partial charge in [0.05, 0.1) is 24.6 Å². The van der Waals surface area contributed by atoms with Gasteiger partial charge in [-0.2, -0.15) is 0 Å². The smallest absolute Gasteiger partial charge is 0.416 e. The number of fused-ring (bicyclic) bond motifs is 1. The Kier molecular flexibility index (Phi) is 3.36. The molecule has 0 saturated carbocycles. The average Bonchev–Trinajstić information content (AvgIpc) is 3.02. The first kappa shape index (κ1) is 14.3. The second-order valence-electron chi connectivity index (χ2n) is 5.75. The molecule has 0 bridgehead atoms. The molecule has 6 nitrogen and oxygen atoms in total. The molecule has 4 rings (SSSR count). The number of para-hydroxylation sites is 2. The standard InChI is InChI=1S/C17H17NO5/c19-16(20)18-13-3-1-2-4-15(13)21-11-14(18)12-5-7-17(8-6-12)22-9-10-23-17/h1-5,11H,6-10H2,(H,19,20). The van der Waals surface area contributed by atoms with Gasteiger partial charge in [-0.25, -0.2) is 9.69 Å². The van der Waals surface area contributed by atoms with Gasteiger partial charge < -0.3 is 19.3 Å². The van der Waals surface area contributed by atoms with Crippen molar-refractivity contribution >= 4 is 11.8 Å². The Labute approximate surface area is 133 Å². The maximum atomic E-state index is 11.8. The molecule has 0 unspecified atom stereocenters. The van der Waals surface area contributed by atoms with Gasteiger partial charge in [0, 0.05) is 12.8 Å². The van der Waals surface area contributed by atoms with Crippen molar-refractivity contribution in [3.63, 3.8) is 0 Å². The van der Waals surface area contributed by atoms with E-state index in [0.717, 1.165) is 5.57 Å². The maximum absolute atomic E-state index is 11.8. The Bertz CT molecular complexity index is 703. The lowest BCUT2D eigenvalue weighted by Gasteiger charge is -2.34. The summed E-state index contributed by atoms with van der Waals surface area (Å²) in [6, 6.07) is 7.11. The van der Waals surface area contributed by atoms with Gasteiger partial charge in [0.1, 0.15) is 6.26 Å². The second kappa shape index (κ2) is 5.40. The van der Waals surface area contributed by atoms with Crippen molar-refractivity contribution in [3.8, 4) is 5.75 Å². The van der Waals surface area contributed by atoms with Gasteiger partial charge in [0.15, 0.2) is 11.5 Å². The van der Waals surface area contributed by atoms with Crippen molar-refractivity contribution < 1.29 is 24.1 Å². The quantitative estimate of drug-likeness (QED) is 0.861. The molecule has 1 aromatic carbocycles. The molecule has 1 fully saturated rings. The van der Waals surface area contributed by atoms with Crippen molar-refractivity contribution in [2.75, 3.05) is 18.1 Å². The van der Waals surface area contributed by atoms with Gasteiger partial charge in [-0.15, -0.1) is 0 Å². The minimum absolute atomic E-state index is 0.522. The summed E-state index contributed by atoms with van der Waals surface area (Å²) in [4.78, 5) is 13.0. The number of anilines is 1. The third-order valence-corrected chi connectivity index (χ3v) is 4.41. The number of ether oxygens (including phenoxy) is 3. The zero-order chi connectivity index (χ0) is 15.9. The van der Waals surface area contributed by atoms with Crippen molar-refractivity contribution in [2.24, 2.45) is 0 Å². The molecule has 1 aromatic rings. The summed E-state index contributed by atoms with van der Waals surface area (Å²) in [5, 5.41) is 9.64. The zero-order valence-corrected chi connectivity index (χ0v) is 12.5. The van der Waals surface area contributed by atoms with E-state index in [2.05, 4.69) is 0 Å². The van der Waals surface area contributed by atoms with Gasteiger partial charge in [-0.1, -0.05) is 18.2 Å². The van der Waals surface area contributed by atoms with Crippen LogP contribution >= 0.6 is 0 Å². The van der Waals surface area contributed by atoms with E-state index in [1.54, 1.807) is 18.2 Å². The van der Waals surface area contributed by atoms with E-state index in [1.165, 1.54) is 11.2 Å². The first-order valence-electron chi connectivity index (χ1n) is 7.65. The fraction of sp³-hybridized carbons (Fsp3) is 0.353. The summed E-state index contributed by atoms with van der Waals surface area (Å²) in [5.74, 6) is 0.0138. The van der Waals surface area contributed by atoms with Crippen LogP contribution in [0.25, 0.3) is 0 Å². The molecular formula is C17H17NO5. The molecule has 1 spiro atoms. The van der Waals surface area contributed by atoms with E-state index < -0.39 is 11.9 Å². The lowest BCUT2D eigenvalue weighted by Crippen LogP contribution is -2.36. The number of hydrogen-bond donors (Lipinski definition) is 1. The highest BCUT2D eigenvalue weighted by Gasteiger charge is 2.39. The Morgan fingerprint density at radius 1 is 1.22 bits per heavy atom. The normalized spacial score (nSPS) is 22.2. The molecule has 2 aliphatic heterocycles. The van der Waals surface area contributed by atoms with Gasteiger partial charge in [0.2, 0.25) is 0 Å². The van der Waals surface area contributed by atoms with Crippen molar-refractivity contribution in [3.05, 3.63) is 47.9 Å². The molecule has 3 aliphatic rings. The van der Waals surface area contributed by atoms with Gasteiger partial charge in [-0.05, 0) is 24.1 Å². The second-order valence-corrected chi connectivity index (χ2v) is 5.75. The highest BCUT2D eigenvalue weighted by atomic mass is 16.7. The largest absolute Gasteiger partial charge is 0.464 e. The third kappa shape index (κ3) is 2.40. The molecule has 1 saturated heterocycles.